The van der Waals surface area contributed by atoms with Gasteiger partial charge in [0, 0.05) is 17.2 Å². The molecule has 0 aromatic heterocycles. The molecule has 0 fully saturated rings. The molecule has 0 spiro atoms. The molecule has 0 aliphatic carbocycles. The van der Waals surface area contributed by atoms with E-state index in [0.717, 1.165) is 18.2 Å². The SMILES string of the molecule is C#Cc1cc(F)cc(F)c1-c1cccc(OC(F)(F)F)c1. The molecule has 2 aromatic carbocycles. The Morgan fingerprint density at radius 2 is 1.76 bits per heavy atom. The van der Waals surface area contributed by atoms with Crippen LogP contribution in [-0.4, -0.2) is 6.36 Å². The van der Waals surface area contributed by atoms with Crippen LogP contribution in [0.15, 0.2) is 36.4 Å². The Morgan fingerprint density at radius 1 is 1.05 bits per heavy atom. The van der Waals surface area contributed by atoms with Gasteiger partial charge in [-0.3, -0.25) is 0 Å². The van der Waals surface area contributed by atoms with Gasteiger partial charge in [0.25, 0.3) is 0 Å². The normalized spacial score (nSPS) is 11.0. The molecule has 0 aliphatic heterocycles. The lowest BCUT2D eigenvalue weighted by atomic mass is 9.99. The summed E-state index contributed by atoms with van der Waals surface area (Å²) < 4.78 is 67.2. The van der Waals surface area contributed by atoms with Crippen molar-refractivity contribution in [2.24, 2.45) is 0 Å². The minimum absolute atomic E-state index is 0.0576. The highest BCUT2D eigenvalue weighted by Gasteiger charge is 2.31. The van der Waals surface area contributed by atoms with Crippen LogP contribution in [0.3, 0.4) is 0 Å². The molecule has 0 saturated carbocycles. The lowest BCUT2D eigenvalue weighted by molar-refractivity contribution is -0.274. The molecule has 0 atom stereocenters. The summed E-state index contributed by atoms with van der Waals surface area (Å²) in [6.45, 7) is 0. The maximum atomic E-state index is 13.9. The largest absolute Gasteiger partial charge is 0.573 e. The second-order valence-corrected chi connectivity index (χ2v) is 4.03. The van der Waals surface area contributed by atoms with Gasteiger partial charge in [-0.1, -0.05) is 18.1 Å². The molecule has 0 N–H and O–H groups in total. The van der Waals surface area contributed by atoms with Gasteiger partial charge in [0.15, 0.2) is 0 Å². The van der Waals surface area contributed by atoms with E-state index in [1.165, 1.54) is 12.1 Å². The fourth-order valence-electron chi connectivity index (χ4n) is 1.83. The topological polar surface area (TPSA) is 9.23 Å². The Labute approximate surface area is 117 Å². The molecule has 108 valence electrons. The van der Waals surface area contributed by atoms with Crippen molar-refractivity contribution in [3.8, 4) is 29.2 Å². The third kappa shape index (κ3) is 3.51. The van der Waals surface area contributed by atoms with Gasteiger partial charge in [0.05, 0.1) is 0 Å². The number of hydrogen-bond acceptors (Lipinski definition) is 1. The molecule has 0 amide bonds. The zero-order valence-corrected chi connectivity index (χ0v) is 10.3. The summed E-state index contributed by atoms with van der Waals surface area (Å²) >= 11 is 0. The summed E-state index contributed by atoms with van der Waals surface area (Å²) in [7, 11) is 0. The van der Waals surface area contributed by atoms with Gasteiger partial charge in [-0.05, 0) is 23.8 Å². The van der Waals surface area contributed by atoms with Gasteiger partial charge in [-0.15, -0.1) is 19.6 Å². The molecule has 0 aliphatic rings. The predicted molar refractivity (Wildman–Crippen MR) is 66.4 cm³/mol. The Morgan fingerprint density at radius 3 is 2.38 bits per heavy atom. The van der Waals surface area contributed by atoms with Crippen LogP contribution >= 0.6 is 0 Å². The fraction of sp³-hybridized carbons (Fsp3) is 0.0667. The van der Waals surface area contributed by atoms with Gasteiger partial charge < -0.3 is 4.74 Å². The van der Waals surface area contributed by atoms with Gasteiger partial charge in [-0.25, -0.2) is 8.78 Å². The van der Waals surface area contributed by atoms with Crippen molar-refractivity contribution in [3.05, 3.63) is 53.6 Å². The van der Waals surface area contributed by atoms with Crippen LogP contribution in [0.4, 0.5) is 22.0 Å². The molecule has 0 radical (unpaired) electrons. The van der Waals surface area contributed by atoms with E-state index >= 15 is 0 Å². The Kier molecular flexibility index (Phi) is 3.85. The van der Waals surface area contributed by atoms with Crippen molar-refractivity contribution >= 4 is 0 Å². The van der Waals surface area contributed by atoms with Crippen molar-refractivity contribution in [1.29, 1.82) is 0 Å². The Hall–Kier alpha value is -2.55. The second-order valence-electron chi connectivity index (χ2n) is 4.03. The summed E-state index contributed by atoms with van der Waals surface area (Å²) in [5, 5.41) is 0. The van der Waals surface area contributed by atoms with Crippen molar-refractivity contribution in [2.45, 2.75) is 6.36 Å². The molecule has 0 saturated heterocycles. The van der Waals surface area contributed by atoms with Crippen molar-refractivity contribution in [1.82, 2.24) is 0 Å². The van der Waals surface area contributed by atoms with Crippen LogP contribution < -0.4 is 4.74 Å². The number of ether oxygens (including phenoxy) is 1. The molecule has 0 bridgehead atoms. The van der Waals surface area contributed by atoms with Crippen LogP contribution in [0, 0.1) is 24.0 Å². The van der Waals surface area contributed by atoms with Crippen LogP contribution in [-0.2, 0) is 0 Å². The molecule has 0 heterocycles. The number of alkyl halides is 3. The monoisotopic (exact) mass is 298 g/mol. The molecule has 2 aromatic rings. The molecule has 6 heteroatoms. The van der Waals surface area contributed by atoms with E-state index in [9.17, 15) is 22.0 Å². The Balaban J connectivity index is 2.53. The standard InChI is InChI=1S/C15H7F5O/c1-2-9-6-11(16)8-13(17)14(9)10-4-3-5-12(7-10)21-15(18,19)20/h1,3-8H. The number of halogens is 5. The van der Waals surface area contributed by atoms with Gasteiger partial charge in [0.2, 0.25) is 0 Å². The number of hydrogen-bond donors (Lipinski definition) is 0. The average molecular weight is 298 g/mol. The minimum atomic E-state index is -4.87. The summed E-state index contributed by atoms with van der Waals surface area (Å²) in [4.78, 5) is 0. The first-order valence-electron chi connectivity index (χ1n) is 5.62. The first-order chi connectivity index (χ1) is 9.80. The quantitative estimate of drug-likeness (QED) is 0.585. The summed E-state index contributed by atoms with van der Waals surface area (Å²) in [6, 6.07) is 6.17. The van der Waals surface area contributed by atoms with E-state index < -0.39 is 23.7 Å². The number of terminal acetylenes is 1. The molecular weight excluding hydrogens is 291 g/mol. The van der Waals surface area contributed by atoms with Crippen LogP contribution in [0.1, 0.15) is 5.56 Å². The number of benzene rings is 2. The third-order valence-electron chi connectivity index (χ3n) is 2.57. The Bertz CT molecular complexity index is 713. The highest BCUT2D eigenvalue weighted by atomic mass is 19.4. The molecule has 0 unspecified atom stereocenters. The fourth-order valence-corrected chi connectivity index (χ4v) is 1.83. The van der Waals surface area contributed by atoms with Crippen LogP contribution in [0.2, 0.25) is 0 Å². The first-order valence-corrected chi connectivity index (χ1v) is 5.62. The zero-order chi connectivity index (χ0) is 15.6. The van der Waals surface area contributed by atoms with E-state index in [1.54, 1.807) is 0 Å². The van der Waals surface area contributed by atoms with Gasteiger partial charge in [0.1, 0.15) is 17.4 Å². The summed E-state index contributed by atoms with van der Waals surface area (Å²) in [5.41, 5.74) is -0.203. The third-order valence-corrected chi connectivity index (χ3v) is 2.57. The molecule has 21 heavy (non-hydrogen) atoms. The van der Waals surface area contributed by atoms with E-state index in [0.29, 0.717) is 6.07 Å². The smallest absolute Gasteiger partial charge is 0.406 e. The average Bonchev–Trinajstić information content (AvgIpc) is 2.35. The molecule has 1 nitrogen and oxygen atoms in total. The lowest BCUT2D eigenvalue weighted by Gasteiger charge is -2.11. The first kappa shape index (κ1) is 14.9. The van der Waals surface area contributed by atoms with E-state index in [4.69, 9.17) is 6.42 Å². The lowest BCUT2D eigenvalue weighted by Crippen LogP contribution is -2.17. The van der Waals surface area contributed by atoms with E-state index in [1.807, 2.05) is 0 Å². The minimum Gasteiger partial charge on any atom is -0.406 e. The highest BCUT2D eigenvalue weighted by molar-refractivity contribution is 5.72. The van der Waals surface area contributed by atoms with Crippen LogP contribution in [0.5, 0.6) is 5.75 Å². The van der Waals surface area contributed by atoms with Gasteiger partial charge >= 0.3 is 6.36 Å². The van der Waals surface area contributed by atoms with Crippen molar-refractivity contribution in [3.63, 3.8) is 0 Å². The zero-order valence-electron chi connectivity index (χ0n) is 10.3. The summed E-state index contributed by atoms with van der Waals surface area (Å²) in [5.74, 6) is -0.255. The van der Waals surface area contributed by atoms with Crippen LogP contribution in [0.25, 0.3) is 11.1 Å². The predicted octanol–water partition coefficient (Wildman–Crippen LogP) is 4.51. The van der Waals surface area contributed by atoms with Gasteiger partial charge in [-0.2, -0.15) is 0 Å². The van der Waals surface area contributed by atoms with E-state index in [2.05, 4.69) is 10.7 Å². The van der Waals surface area contributed by atoms with E-state index in [-0.39, 0.29) is 16.7 Å². The molecule has 2 rings (SSSR count). The van der Waals surface area contributed by atoms with Crippen molar-refractivity contribution in [2.75, 3.05) is 0 Å². The number of rotatable bonds is 2. The highest BCUT2D eigenvalue weighted by Crippen LogP contribution is 2.31. The maximum absolute atomic E-state index is 13.9. The molecular formula is C15H7F5O. The second kappa shape index (κ2) is 5.44. The van der Waals surface area contributed by atoms with Crippen molar-refractivity contribution < 1.29 is 26.7 Å². The summed E-state index contributed by atoms with van der Waals surface area (Å²) in [6.07, 6.45) is 0.305. The maximum Gasteiger partial charge on any atom is 0.573 e.